The van der Waals surface area contributed by atoms with Crippen molar-refractivity contribution < 1.29 is 10.9 Å². The zero-order valence-corrected chi connectivity index (χ0v) is 21.9. The van der Waals surface area contributed by atoms with Gasteiger partial charge in [0, 0.05) is 0 Å². The van der Waals surface area contributed by atoms with E-state index < -0.39 is 6.26 Å². The summed E-state index contributed by atoms with van der Waals surface area (Å²) in [6.45, 7) is 15.1. The highest BCUT2D eigenvalue weighted by atomic mass is 16.6. The molecule has 32 heavy (non-hydrogen) atoms. The average Bonchev–Trinajstić information content (AvgIpc) is 3.34. The molecule has 1 rings (SSSR count). The van der Waals surface area contributed by atoms with Gasteiger partial charge in [0.1, 0.15) is 7.63 Å². The molecule has 1 aliphatic heterocycles. The molecule has 0 spiro atoms. The highest BCUT2D eigenvalue weighted by molar-refractivity contribution is 5.73. The molecule has 0 amide bonds. The molecule has 1 fully saturated rings. The fourth-order valence-corrected chi connectivity index (χ4v) is 3.79. The van der Waals surface area contributed by atoms with Crippen molar-refractivity contribution in [1.29, 1.82) is 0 Å². The maximum absolute atomic E-state index is 11.5. The first-order valence-electron chi connectivity index (χ1n) is 13.0. The number of hydrogen-bond acceptors (Lipinski definition) is 2. The summed E-state index contributed by atoms with van der Waals surface area (Å²) in [6.07, 6.45) is 21.0. The highest BCUT2D eigenvalue weighted by Gasteiger charge is 2.46. The first kappa shape index (κ1) is 26.6. The van der Waals surface area contributed by atoms with Crippen molar-refractivity contribution in [2.75, 3.05) is 0 Å². The Kier molecular flexibility index (Phi) is 12.6. The van der Waals surface area contributed by atoms with Gasteiger partial charge in [0.25, 0.3) is 0 Å². The third-order valence-electron chi connectivity index (χ3n) is 6.18. The van der Waals surface area contributed by atoms with Gasteiger partial charge in [-0.05, 0) is 118 Å². The second-order valence-electron chi connectivity index (χ2n) is 10.2. The van der Waals surface area contributed by atoms with E-state index in [1.165, 1.54) is 22.3 Å². The lowest BCUT2D eigenvalue weighted by molar-refractivity contribution is -0.105. The van der Waals surface area contributed by atoms with Crippen LogP contribution in [-0.2, 0) is 9.53 Å². The molecule has 1 atom stereocenters. The van der Waals surface area contributed by atoms with Crippen LogP contribution < -0.4 is 0 Å². The number of epoxide rings is 1. The van der Waals surface area contributed by atoms with Crippen molar-refractivity contribution in [2.24, 2.45) is 0 Å². The Hall–Kier alpha value is -1.67. The Morgan fingerprint density at radius 1 is 0.750 bits per heavy atom. The van der Waals surface area contributed by atoms with Crippen molar-refractivity contribution in [3.05, 3.63) is 58.2 Å². The maximum atomic E-state index is 11.5. The highest BCUT2D eigenvalue weighted by Crippen LogP contribution is 2.38. The fraction of sp³-hybridized carbons (Fsp3) is 0.633. The number of unbranched alkanes of at least 4 members (excludes halogenated alkanes) is 1. The summed E-state index contributed by atoms with van der Waals surface area (Å²) in [4.78, 5) is 11.5. The third-order valence-corrected chi connectivity index (χ3v) is 6.18. The van der Waals surface area contributed by atoms with E-state index in [2.05, 4.69) is 72.8 Å². The quantitative estimate of drug-likeness (QED) is 0.0784. The molecule has 1 aliphatic rings. The summed E-state index contributed by atoms with van der Waals surface area (Å²) >= 11 is 0. The molecule has 0 aromatic rings. The molecule has 1 heterocycles. The van der Waals surface area contributed by atoms with Gasteiger partial charge in [0.2, 0.25) is 0 Å². The Labute approximate surface area is 200 Å². The number of hydrogen-bond donors (Lipinski definition) is 0. The van der Waals surface area contributed by atoms with Crippen LogP contribution in [0.2, 0.25) is 0 Å². The first-order chi connectivity index (χ1) is 15.5. The SMILES string of the molecule is [3H]C(=O)/C(=C\CC/C(C)=C/CC/C=C(\C)CC/C=C(\C)CC[C@@H]1OC1(C)C)CCC=C(C)C. The van der Waals surface area contributed by atoms with Crippen molar-refractivity contribution in [3.63, 3.8) is 0 Å². The minimum absolute atomic E-state index is 0.109. The van der Waals surface area contributed by atoms with Crippen LogP contribution in [0.4, 0.5) is 0 Å². The van der Waals surface area contributed by atoms with Crippen LogP contribution in [-0.4, -0.2) is 18.0 Å². The van der Waals surface area contributed by atoms with Gasteiger partial charge in [0.05, 0.1) is 11.7 Å². The standard InChI is InChI=1S/C30H48O2/c1-24(2)13-10-19-28(23-31)20-12-18-26(4)15-9-8-14-25(3)16-11-17-27(5)21-22-29-30(6,7)32-29/h13-15,17,20,23,29H,8-12,16,18-19,21-22H2,1-7H3/b25-14+,26-15+,27-17+,28-20-/t29-/m0/s1/i23T. The van der Waals surface area contributed by atoms with Crippen LogP contribution in [0.3, 0.4) is 0 Å². The largest absolute Gasteiger partial charge is 0.367 e. The average molecular weight is 443 g/mol. The molecule has 2 heteroatoms. The summed E-state index contributed by atoms with van der Waals surface area (Å²) in [6, 6.07) is 0. The smallest absolute Gasteiger partial charge is 0.145 e. The van der Waals surface area contributed by atoms with Crippen LogP contribution in [0.1, 0.15) is 114 Å². The normalized spacial score (nSPS) is 19.6. The van der Waals surface area contributed by atoms with Crippen LogP contribution in [0, 0.1) is 0 Å². The zero-order valence-electron chi connectivity index (χ0n) is 22.9. The van der Waals surface area contributed by atoms with Crippen LogP contribution in [0.5, 0.6) is 0 Å². The van der Waals surface area contributed by atoms with Crippen LogP contribution in [0.25, 0.3) is 0 Å². The van der Waals surface area contributed by atoms with Crippen molar-refractivity contribution in [2.45, 2.75) is 124 Å². The van der Waals surface area contributed by atoms with Gasteiger partial charge in [-0.3, -0.25) is 4.79 Å². The Bertz CT molecular complexity index is 773. The molecule has 2 nitrogen and oxygen atoms in total. The van der Waals surface area contributed by atoms with Crippen molar-refractivity contribution >= 4 is 6.26 Å². The van der Waals surface area contributed by atoms with Gasteiger partial charge in [-0.1, -0.05) is 52.7 Å². The summed E-state index contributed by atoms with van der Waals surface area (Å²) in [5, 5.41) is 0. The molecule has 0 aromatic heterocycles. The molecule has 1 saturated heterocycles. The van der Waals surface area contributed by atoms with E-state index in [0.29, 0.717) is 18.1 Å². The molecule has 0 saturated carbocycles. The summed E-state index contributed by atoms with van der Waals surface area (Å²) in [5.41, 5.74) is 6.32. The maximum Gasteiger partial charge on any atom is 0.145 e. The second kappa shape index (κ2) is 15.2. The van der Waals surface area contributed by atoms with Crippen molar-refractivity contribution in [1.82, 2.24) is 0 Å². The lowest BCUT2D eigenvalue weighted by Crippen LogP contribution is -2.02. The van der Waals surface area contributed by atoms with Crippen LogP contribution in [0.15, 0.2) is 58.2 Å². The van der Waals surface area contributed by atoms with E-state index in [1.807, 2.05) is 6.08 Å². The molecule has 0 aliphatic carbocycles. The first-order valence-corrected chi connectivity index (χ1v) is 12.5. The van der Waals surface area contributed by atoms with Crippen molar-refractivity contribution in [3.8, 4) is 0 Å². The number of aldehydes is 1. The van der Waals surface area contributed by atoms with E-state index in [4.69, 9.17) is 6.11 Å². The predicted molar refractivity (Wildman–Crippen MR) is 140 cm³/mol. The van der Waals surface area contributed by atoms with E-state index in [0.717, 1.165) is 57.8 Å². The summed E-state index contributed by atoms with van der Waals surface area (Å²) < 4.78 is 13.1. The number of allylic oxidation sites excluding steroid dienone is 10. The summed E-state index contributed by atoms with van der Waals surface area (Å²) in [7, 11) is 0. The van der Waals surface area contributed by atoms with Gasteiger partial charge in [0.15, 0.2) is 0 Å². The Morgan fingerprint density at radius 2 is 1.22 bits per heavy atom. The number of carbonyl (C=O) groups excluding carboxylic acids is 1. The second-order valence-corrected chi connectivity index (χ2v) is 10.2. The Morgan fingerprint density at radius 3 is 1.72 bits per heavy atom. The number of ether oxygens (including phenoxy) is 1. The molecule has 0 bridgehead atoms. The third kappa shape index (κ3) is 13.7. The molecule has 0 unspecified atom stereocenters. The number of rotatable bonds is 16. The molecule has 0 aromatic carbocycles. The molecular weight excluding hydrogens is 392 g/mol. The van der Waals surface area contributed by atoms with Gasteiger partial charge < -0.3 is 4.74 Å². The zero-order chi connectivity index (χ0) is 24.9. The topological polar surface area (TPSA) is 29.6 Å². The van der Waals surface area contributed by atoms with Gasteiger partial charge in [-0.2, -0.15) is 0 Å². The monoisotopic (exact) mass is 442 g/mol. The molecule has 180 valence electrons. The van der Waals surface area contributed by atoms with Gasteiger partial charge in [-0.25, -0.2) is 0 Å². The predicted octanol–water partition coefficient (Wildman–Crippen LogP) is 9.00. The minimum atomic E-state index is -0.537. The fourth-order valence-electron chi connectivity index (χ4n) is 3.79. The van der Waals surface area contributed by atoms with E-state index in [9.17, 15) is 4.79 Å². The van der Waals surface area contributed by atoms with E-state index >= 15 is 0 Å². The van der Waals surface area contributed by atoms with E-state index in [1.54, 1.807) is 0 Å². The lowest BCUT2D eigenvalue weighted by atomic mass is 10.0. The van der Waals surface area contributed by atoms with Gasteiger partial charge in [-0.15, -0.1) is 0 Å². The van der Waals surface area contributed by atoms with Crippen LogP contribution >= 0.6 is 0 Å². The summed E-state index contributed by atoms with van der Waals surface area (Å²) in [5.74, 6) is 0. The minimum Gasteiger partial charge on any atom is -0.367 e. The van der Waals surface area contributed by atoms with E-state index in [-0.39, 0.29) is 5.60 Å². The van der Waals surface area contributed by atoms with Gasteiger partial charge >= 0.3 is 0 Å². The molecule has 0 N–H and O–H groups in total. The molecule has 0 radical (unpaired) electrons. The number of carbonyl (C=O) groups is 1. The Balaban J connectivity index is 2.26. The molecular formula is C30H48O2. The lowest BCUT2D eigenvalue weighted by Gasteiger charge is -2.03.